The highest BCUT2D eigenvalue weighted by atomic mass is 16.7. The van der Waals surface area contributed by atoms with Crippen molar-refractivity contribution in [3.63, 3.8) is 0 Å². The molecule has 470 valence electrons. The number of carbonyl (C=O) groups excluding carboxylic acids is 6. The minimum atomic E-state index is -1.15. The number of hydrogen-bond donors (Lipinski definition) is 0. The molecule has 2 unspecified atom stereocenters. The minimum absolute atomic E-state index is 0.00913. The zero-order valence-electron chi connectivity index (χ0n) is 50.9. The van der Waals surface area contributed by atoms with E-state index in [4.69, 9.17) is 42.6 Å². The van der Waals surface area contributed by atoms with Crippen LogP contribution in [0.25, 0.3) is 0 Å². The molecule has 3 heterocycles. The van der Waals surface area contributed by atoms with E-state index >= 15 is 0 Å². The zero-order chi connectivity index (χ0) is 62.6. The standard InChI is InChI=1S/C64H85N3O19/c1-39-16-11-10-12-17-40(2)55(78-7)36-50-18-15-20-54(81-50)60(69)61(70)65-31-14-13-19-51(65)62(71)84-57(44(6)34-45-21-30-53(59(35-45)80-9)85-63(72)82-48-26-22-46(23-27-48)66(74)75)38-58(86-64(73)83-49-28-24-47(25-29-49)67(76)77)43(5)33-42(4)56(79-8)37-52(68)41(3)32-39/h10-12,16-17,22-29,33,39,41,43-45,50-51,53-59H,13-15,18-21,30-32,34-38H2,1-9H3/b12-10?,16-11+,40-17?,42-33?/t39-,41-,43-,44-,45+,50?,51+,53-,54?,55+,56+,57+,58-,59-/m1/s1. The van der Waals surface area contributed by atoms with E-state index in [9.17, 15) is 49.0 Å². The molecule has 1 saturated carbocycles. The third kappa shape index (κ3) is 20.0. The maximum absolute atomic E-state index is 15.0. The Labute approximate surface area is 503 Å². The molecular weight excluding hydrogens is 1110 g/mol. The van der Waals surface area contributed by atoms with E-state index in [2.05, 4.69) is 0 Å². The minimum Gasteiger partial charge on any atom is -0.460 e. The predicted octanol–water partition coefficient (Wildman–Crippen LogP) is 11.7. The summed E-state index contributed by atoms with van der Waals surface area (Å²) >= 11 is 0. The van der Waals surface area contributed by atoms with E-state index in [0.717, 1.165) is 5.57 Å². The van der Waals surface area contributed by atoms with Crippen LogP contribution in [-0.2, 0) is 52.3 Å². The Kier molecular flexibility index (Phi) is 26.2. The number of benzene rings is 2. The van der Waals surface area contributed by atoms with Crippen molar-refractivity contribution in [2.45, 2.75) is 186 Å². The maximum atomic E-state index is 15.0. The Morgan fingerprint density at radius 1 is 0.686 bits per heavy atom. The number of esters is 1. The molecule has 0 radical (unpaired) electrons. The highest BCUT2D eigenvalue weighted by molar-refractivity contribution is 6.38. The average Bonchev–Trinajstić information content (AvgIpc) is 2.73. The molecule has 2 bridgehead atoms. The number of nitro benzene ring substituents is 2. The van der Waals surface area contributed by atoms with Crippen LogP contribution in [0.3, 0.4) is 0 Å². The maximum Gasteiger partial charge on any atom is 0.514 e. The van der Waals surface area contributed by atoms with Crippen LogP contribution in [0.5, 0.6) is 11.5 Å². The highest BCUT2D eigenvalue weighted by Crippen LogP contribution is 2.37. The molecule has 2 aromatic rings. The summed E-state index contributed by atoms with van der Waals surface area (Å²) in [6, 6.07) is 8.70. The Morgan fingerprint density at radius 3 is 1.92 bits per heavy atom. The van der Waals surface area contributed by atoms with Crippen LogP contribution in [0.2, 0.25) is 0 Å². The van der Waals surface area contributed by atoms with E-state index in [0.29, 0.717) is 76.2 Å². The normalized spacial score (nSPS) is 29.6. The largest absolute Gasteiger partial charge is 0.514 e. The number of allylic oxidation sites excluding steroid dienone is 5. The van der Waals surface area contributed by atoms with Gasteiger partial charge in [0.05, 0.1) is 34.3 Å². The molecule has 3 fully saturated rings. The van der Waals surface area contributed by atoms with Crippen LogP contribution in [0.15, 0.2) is 96.1 Å². The van der Waals surface area contributed by atoms with Crippen molar-refractivity contribution >= 4 is 47.1 Å². The van der Waals surface area contributed by atoms with Crippen molar-refractivity contribution in [2.24, 2.45) is 29.6 Å². The Bertz CT molecular complexity index is 2780. The number of ketones is 2. The van der Waals surface area contributed by atoms with Gasteiger partial charge in [-0.05, 0) is 138 Å². The summed E-state index contributed by atoms with van der Waals surface area (Å²) < 4.78 is 53.4. The average molecular weight is 1200 g/mol. The molecular formula is C64H85N3O19. The zero-order valence-corrected chi connectivity index (χ0v) is 50.9. The van der Waals surface area contributed by atoms with Gasteiger partial charge in [0.1, 0.15) is 47.7 Å². The Hall–Kier alpha value is -7.14. The van der Waals surface area contributed by atoms with Gasteiger partial charge in [0.25, 0.3) is 17.3 Å². The lowest BCUT2D eigenvalue weighted by atomic mass is 9.78. The topological polar surface area (TPSA) is 275 Å². The number of piperidine rings is 1. The summed E-state index contributed by atoms with van der Waals surface area (Å²) in [7, 11) is 4.62. The predicted molar refractivity (Wildman–Crippen MR) is 315 cm³/mol. The SMILES string of the molecule is CO[C@H]1CC(=O)[C@H](C)C[C@H](C)/C=C/C=CC=C(C)[C@@H](OC)CC2CCCC(O2)C(=O)C(=O)N2CCCC[C@H]2C(=O)O[C@H]([C@H](C)C[C@@H]2CC[C@@H](OC(=O)Oc3ccc([N+](=O)[O-])cc3)[C@H](OC)C2)C[C@@H](OC(=O)Oc2ccc([N+](=O)[O-])cc2)[C@H](C)C=C1C. The highest BCUT2D eigenvalue weighted by Gasteiger charge is 2.43. The quantitative estimate of drug-likeness (QED) is 0.0363. The molecule has 86 heavy (non-hydrogen) atoms. The van der Waals surface area contributed by atoms with Crippen LogP contribution in [0.1, 0.15) is 131 Å². The number of Topliss-reactive ketones (excluding diaryl/α,β-unsaturated/α-hetero) is 2. The summed E-state index contributed by atoms with van der Waals surface area (Å²) in [6.45, 7) is 11.5. The number of nitro groups is 2. The number of ether oxygens (including phenoxy) is 9. The molecule has 0 aromatic heterocycles. The summed E-state index contributed by atoms with van der Waals surface area (Å²) in [5.41, 5.74) is 1.20. The fourth-order valence-electron chi connectivity index (χ4n) is 12.0. The van der Waals surface area contributed by atoms with Crippen LogP contribution in [0, 0.1) is 49.8 Å². The van der Waals surface area contributed by atoms with Gasteiger partial charge < -0.3 is 47.5 Å². The van der Waals surface area contributed by atoms with Crippen molar-refractivity contribution in [1.82, 2.24) is 4.90 Å². The van der Waals surface area contributed by atoms with Gasteiger partial charge in [0.15, 0.2) is 0 Å². The molecule has 2 aromatic carbocycles. The lowest BCUT2D eigenvalue weighted by Crippen LogP contribution is -2.54. The van der Waals surface area contributed by atoms with Crippen molar-refractivity contribution in [2.75, 3.05) is 27.9 Å². The fourth-order valence-corrected chi connectivity index (χ4v) is 12.0. The van der Waals surface area contributed by atoms with Gasteiger partial charge in [-0.1, -0.05) is 64.2 Å². The first kappa shape index (κ1) is 68.0. The molecule has 14 atom stereocenters. The summed E-state index contributed by atoms with van der Waals surface area (Å²) in [5.74, 6) is -3.84. The molecule has 2 saturated heterocycles. The monoisotopic (exact) mass is 1200 g/mol. The first-order valence-corrected chi connectivity index (χ1v) is 29.8. The van der Waals surface area contributed by atoms with E-state index in [1.54, 1.807) is 14.0 Å². The van der Waals surface area contributed by atoms with Crippen molar-refractivity contribution < 1.29 is 81.2 Å². The third-order valence-corrected chi connectivity index (χ3v) is 17.0. The molecule has 22 heteroatoms. The molecule has 4 aliphatic rings. The van der Waals surface area contributed by atoms with Gasteiger partial charge in [0, 0.05) is 83.2 Å². The number of nitrogens with zero attached hydrogens (tertiary/aromatic N) is 3. The molecule has 1 amide bonds. The lowest BCUT2D eigenvalue weighted by molar-refractivity contribution is -0.385. The van der Waals surface area contributed by atoms with Crippen LogP contribution >= 0.6 is 0 Å². The number of fused-ring (bicyclic) bond motifs is 3. The number of rotatable bonds is 12. The Balaban J connectivity index is 1.33. The Morgan fingerprint density at radius 2 is 1.31 bits per heavy atom. The first-order valence-electron chi connectivity index (χ1n) is 29.8. The number of non-ortho nitro benzene ring substituents is 2. The van der Waals surface area contributed by atoms with Gasteiger partial charge in [-0.25, -0.2) is 14.4 Å². The first-order chi connectivity index (χ1) is 41.1. The van der Waals surface area contributed by atoms with Crippen LogP contribution in [0.4, 0.5) is 21.0 Å². The van der Waals surface area contributed by atoms with Gasteiger partial charge in [-0.2, -0.15) is 0 Å². The number of methoxy groups -OCH3 is 3. The molecule has 3 aliphatic heterocycles. The molecule has 6 rings (SSSR count). The third-order valence-electron chi connectivity index (χ3n) is 17.0. The van der Waals surface area contributed by atoms with E-state index in [1.165, 1.54) is 67.7 Å². The van der Waals surface area contributed by atoms with Crippen LogP contribution < -0.4 is 9.47 Å². The second-order valence-electron chi connectivity index (χ2n) is 23.4. The van der Waals surface area contributed by atoms with Gasteiger partial charge in [0.2, 0.25) is 5.78 Å². The number of cyclic esters (lactones) is 1. The van der Waals surface area contributed by atoms with E-state index in [-0.39, 0.29) is 84.4 Å². The molecule has 22 nitrogen and oxygen atoms in total. The van der Waals surface area contributed by atoms with Gasteiger partial charge >= 0.3 is 18.3 Å². The van der Waals surface area contributed by atoms with Crippen LogP contribution in [-0.4, -0.2) is 133 Å². The van der Waals surface area contributed by atoms with E-state index in [1.807, 2.05) is 71.1 Å². The van der Waals surface area contributed by atoms with Gasteiger partial charge in [-0.15, -0.1) is 0 Å². The fraction of sp³-hybridized carbons (Fsp3) is 0.594. The number of carbonyl (C=O) groups is 6. The lowest BCUT2D eigenvalue weighted by Gasteiger charge is -2.39. The second kappa shape index (κ2) is 33.1. The molecule has 0 spiro atoms. The van der Waals surface area contributed by atoms with E-state index < -0.39 is 94.3 Å². The number of hydrogen-bond acceptors (Lipinski definition) is 19. The summed E-state index contributed by atoms with van der Waals surface area (Å²) in [4.78, 5) is 107. The molecule has 0 N–H and O–H groups in total. The van der Waals surface area contributed by atoms with Gasteiger partial charge in [-0.3, -0.25) is 34.6 Å². The van der Waals surface area contributed by atoms with Crippen molar-refractivity contribution in [1.29, 1.82) is 0 Å². The molecule has 1 aliphatic carbocycles. The number of amides is 1. The summed E-state index contributed by atoms with van der Waals surface area (Å²) in [6.07, 6.45) is 9.19. The smallest absolute Gasteiger partial charge is 0.460 e. The second-order valence-corrected chi connectivity index (χ2v) is 23.4. The summed E-state index contributed by atoms with van der Waals surface area (Å²) in [5, 5.41) is 22.6. The van der Waals surface area contributed by atoms with Crippen molar-refractivity contribution in [3.8, 4) is 11.5 Å². The van der Waals surface area contributed by atoms with Crippen molar-refractivity contribution in [3.05, 3.63) is 116 Å².